The summed E-state index contributed by atoms with van der Waals surface area (Å²) < 4.78 is 31.9. The summed E-state index contributed by atoms with van der Waals surface area (Å²) in [6.07, 6.45) is 0. The summed E-state index contributed by atoms with van der Waals surface area (Å²) in [5, 5.41) is 3.35. The predicted molar refractivity (Wildman–Crippen MR) is 124 cm³/mol. The summed E-state index contributed by atoms with van der Waals surface area (Å²) in [5.41, 5.74) is 2.78. The third kappa shape index (κ3) is 5.68. The van der Waals surface area contributed by atoms with Crippen molar-refractivity contribution < 1.29 is 18.3 Å². The highest BCUT2D eigenvalue weighted by Gasteiger charge is 2.23. The number of amides is 1. The van der Waals surface area contributed by atoms with Crippen LogP contribution in [0.4, 0.5) is 14.5 Å². The highest BCUT2D eigenvalue weighted by atomic mass is 19.1. The lowest BCUT2D eigenvalue weighted by Gasteiger charge is -2.36. The number of nitrogens with one attached hydrogen (secondary N) is 1. The molecule has 1 N–H and O–H groups in total. The number of anilines is 1. The van der Waals surface area contributed by atoms with Gasteiger partial charge in [-0.1, -0.05) is 24.3 Å². The van der Waals surface area contributed by atoms with Crippen molar-refractivity contribution in [3.63, 3.8) is 0 Å². The zero-order valence-electron chi connectivity index (χ0n) is 18.5. The lowest BCUT2D eigenvalue weighted by atomic mass is 9.98. The molecule has 0 bridgehead atoms. The first-order chi connectivity index (χ1) is 16.0. The van der Waals surface area contributed by atoms with Crippen molar-refractivity contribution in [1.29, 1.82) is 0 Å². The number of hydrogen-bond donors (Lipinski definition) is 1. The highest BCUT2D eigenvalue weighted by Crippen LogP contribution is 2.25. The molecule has 1 aliphatic heterocycles. The van der Waals surface area contributed by atoms with Crippen LogP contribution in [0.25, 0.3) is 0 Å². The molecule has 0 aromatic heterocycles. The van der Waals surface area contributed by atoms with Crippen LogP contribution in [0.15, 0.2) is 72.8 Å². The van der Waals surface area contributed by atoms with Crippen molar-refractivity contribution in [2.75, 3.05) is 44.7 Å². The van der Waals surface area contributed by atoms with Crippen LogP contribution in [-0.2, 0) is 4.79 Å². The molecule has 4 rings (SSSR count). The molecule has 1 unspecified atom stereocenters. The van der Waals surface area contributed by atoms with E-state index in [9.17, 15) is 13.6 Å². The molecule has 3 aromatic rings. The van der Waals surface area contributed by atoms with Crippen molar-refractivity contribution in [2.24, 2.45) is 0 Å². The molecule has 5 nitrogen and oxygen atoms in total. The summed E-state index contributed by atoms with van der Waals surface area (Å²) in [4.78, 5) is 16.9. The average Bonchev–Trinajstić information content (AvgIpc) is 2.86. The molecule has 3 aromatic carbocycles. The number of methoxy groups -OCH3 is 1. The lowest BCUT2D eigenvalue weighted by molar-refractivity contribution is -0.130. The largest absolute Gasteiger partial charge is 0.497 e. The van der Waals surface area contributed by atoms with Gasteiger partial charge < -0.3 is 14.5 Å². The van der Waals surface area contributed by atoms with Crippen molar-refractivity contribution in [1.82, 2.24) is 10.2 Å². The molecule has 0 aliphatic carbocycles. The standard InChI is InChI=1S/C26H27F2N3O2/c1-33-24-12-4-20(5-13-24)26(19-2-6-21(27)7-3-19)29-18-25(32)31-16-14-30(15-17-31)23-10-8-22(28)9-11-23/h2-13,26,29H,14-18H2,1H3. The zero-order chi connectivity index (χ0) is 23.2. The van der Waals surface area contributed by atoms with Crippen molar-refractivity contribution in [3.05, 3.63) is 95.6 Å². The summed E-state index contributed by atoms with van der Waals surface area (Å²) in [6.45, 7) is 2.74. The predicted octanol–water partition coefficient (Wildman–Crippen LogP) is 4.00. The van der Waals surface area contributed by atoms with Gasteiger partial charge in [-0.05, 0) is 59.7 Å². The van der Waals surface area contributed by atoms with Crippen LogP contribution in [0, 0.1) is 11.6 Å². The van der Waals surface area contributed by atoms with Gasteiger partial charge in [0.05, 0.1) is 19.7 Å². The molecule has 1 amide bonds. The summed E-state index contributed by atoms with van der Waals surface area (Å²) >= 11 is 0. The van der Waals surface area contributed by atoms with Gasteiger partial charge in [-0.3, -0.25) is 10.1 Å². The zero-order valence-corrected chi connectivity index (χ0v) is 18.5. The van der Waals surface area contributed by atoms with Crippen LogP contribution in [-0.4, -0.2) is 50.6 Å². The number of hydrogen-bond acceptors (Lipinski definition) is 4. The van der Waals surface area contributed by atoms with Gasteiger partial charge >= 0.3 is 0 Å². The molecule has 1 fully saturated rings. The topological polar surface area (TPSA) is 44.8 Å². The summed E-state index contributed by atoms with van der Waals surface area (Å²) in [5.74, 6) is 0.189. The van der Waals surface area contributed by atoms with E-state index in [0.29, 0.717) is 26.2 Å². The fourth-order valence-electron chi connectivity index (χ4n) is 4.05. The van der Waals surface area contributed by atoms with E-state index >= 15 is 0 Å². The minimum atomic E-state index is -0.303. The van der Waals surface area contributed by atoms with Gasteiger partial charge in [0.15, 0.2) is 0 Å². The van der Waals surface area contributed by atoms with Crippen molar-refractivity contribution >= 4 is 11.6 Å². The van der Waals surface area contributed by atoms with E-state index in [1.165, 1.54) is 24.3 Å². The number of halogens is 2. The number of benzene rings is 3. The third-order valence-corrected chi connectivity index (χ3v) is 5.93. The fourth-order valence-corrected chi connectivity index (χ4v) is 4.05. The van der Waals surface area contributed by atoms with E-state index in [2.05, 4.69) is 10.2 Å². The molecule has 0 saturated carbocycles. The SMILES string of the molecule is COc1ccc(C(NCC(=O)N2CCN(c3ccc(F)cc3)CC2)c2ccc(F)cc2)cc1. The molecule has 1 atom stereocenters. The van der Waals surface area contributed by atoms with E-state index in [1.807, 2.05) is 29.2 Å². The number of nitrogens with zero attached hydrogens (tertiary/aromatic N) is 2. The molecule has 0 radical (unpaired) electrons. The molecule has 1 heterocycles. The maximum absolute atomic E-state index is 13.5. The van der Waals surface area contributed by atoms with Crippen LogP contribution in [0.5, 0.6) is 5.75 Å². The van der Waals surface area contributed by atoms with Crippen molar-refractivity contribution in [2.45, 2.75) is 6.04 Å². The first kappa shape index (κ1) is 22.7. The van der Waals surface area contributed by atoms with E-state index in [-0.39, 0.29) is 30.1 Å². The Morgan fingerprint density at radius 2 is 1.36 bits per heavy atom. The van der Waals surface area contributed by atoms with Gasteiger partial charge in [0.1, 0.15) is 17.4 Å². The molecule has 7 heteroatoms. The Balaban J connectivity index is 1.39. The Hall–Kier alpha value is -3.45. The Bertz CT molecular complexity index is 1050. The number of rotatable bonds is 7. The second-order valence-electron chi connectivity index (χ2n) is 7.98. The number of ether oxygens (including phenoxy) is 1. The Morgan fingerprint density at radius 1 is 0.848 bits per heavy atom. The molecular weight excluding hydrogens is 424 g/mol. The van der Waals surface area contributed by atoms with Gasteiger partial charge in [0, 0.05) is 31.9 Å². The molecule has 1 saturated heterocycles. The molecule has 172 valence electrons. The Kier molecular flexibility index (Phi) is 7.19. The third-order valence-electron chi connectivity index (χ3n) is 5.93. The molecule has 33 heavy (non-hydrogen) atoms. The first-order valence-corrected chi connectivity index (χ1v) is 10.9. The smallest absolute Gasteiger partial charge is 0.236 e. The Morgan fingerprint density at radius 3 is 1.91 bits per heavy atom. The molecule has 1 aliphatic rings. The van der Waals surface area contributed by atoms with Crippen LogP contribution >= 0.6 is 0 Å². The first-order valence-electron chi connectivity index (χ1n) is 10.9. The van der Waals surface area contributed by atoms with E-state index < -0.39 is 0 Å². The Labute approximate surface area is 192 Å². The monoisotopic (exact) mass is 451 g/mol. The fraction of sp³-hybridized carbons (Fsp3) is 0.269. The van der Waals surface area contributed by atoms with Gasteiger partial charge in [-0.15, -0.1) is 0 Å². The maximum Gasteiger partial charge on any atom is 0.236 e. The van der Waals surface area contributed by atoms with Crippen LogP contribution in [0.1, 0.15) is 17.2 Å². The van der Waals surface area contributed by atoms with Crippen molar-refractivity contribution in [3.8, 4) is 5.75 Å². The molecule has 0 spiro atoms. The van der Waals surface area contributed by atoms with E-state index in [1.54, 1.807) is 31.4 Å². The van der Waals surface area contributed by atoms with Gasteiger partial charge in [-0.2, -0.15) is 0 Å². The van der Waals surface area contributed by atoms with Crippen LogP contribution in [0.3, 0.4) is 0 Å². The summed E-state index contributed by atoms with van der Waals surface area (Å²) in [6, 6.07) is 20.1. The van der Waals surface area contributed by atoms with E-state index in [0.717, 1.165) is 22.6 Å². The van der Waals surface area contributed by atoms with Gasteiger partial charge in [0.25, 0.3) is 0 Å². The second kappa shape index (κ2) is 10.4. The quantitative estimate of drug-likeness (QED) is 0.590. The second-order valence-corrected chi connectivity index (χ2v) is 7.98. The minimum absolute atomic E-state index is 0.00868. The number of carbonyl (C=O) groups excluding carboxylic acids is 1. The maximum atomic E-state index is 13.5. The highest BCUT2D eigenvalue weighted by molar-refractivity contribution is 5.78. The van der Waals surface area contributed by atoms with Gasteiger partial charge in [-0.25, -0.2) is 8.78 Å². The summed E-state index contributed by atoms with van der Waals surface area (Å²) in [7, 11) is 1.61. The lowest BCUT2D eigenvalue weighted by Crippen LogP contribution is -2.51. The molecular formula is C26H27F2N3O2. The van der Waals surface area contributed by atoms with E-state index in [4.69, 9.17) is 4.74 Å². The minimum Gasteiger partial charge on any atom is -0.497 e. The number of piperazine rings is 1. The van der Waals surface area contributed by atoms with Gasteiger partial charge in [0.2, 0.25) is 5.91 Å². The normalized spacial score (nSPS) is 14.8. The van der Waals surface area contributed by atoms with Crippen LogP contribution in [0.2, 0.25) is 0 Å². The number of carbonyl (C=O) groups is 1. The van der Waals surface area contributed by atoms with Crippen LogP contribution < -0.4 is 15.0 Å². The average molecular weight is 452 g/mol.